The van der Waals surface area contributed by atoms with E-state index in [0.717, 1.165) is 11.3 Å². The van der Waals surface area contributed by atoms with Crippen LogP contribution in [0.5, 0.6) is 5.75 Å². The Balaban J connectivity index is 1.84. The smallest absolute Gasteiger partial charge is 0.258 e. The van der Waals surface area contributed by atoms with Crippen LogP contribution >= 0.6 is 11.3 Å². The predicted octanol–water partition coefficient (Wildman–Crippen LogP) is 2.98. The Morgan fingerprint density at radius 2 is 2.10 bits per heavy atom. The molecule has 0 bridgehead atoms. The number of nitrogens with two attached hydrogens (primary N) is 1. The van der Waals surface area contributed by atoms with Crippen molar-refractivity contribution < 1.29 is 9.53 Å². The summed E-state index contributed by atoms with van der Waals surface area (Å²) >= 11 is 1.64. The third kappa shape index (κ3) is 3.99. The van der Waals surface area contributed by atoms with Gasteiger partial charge in [-0.05, 0) is 42.1 Å². The molecule has 20 heavy (non-hydrogen) atoms. The van der Waals surface area contributed by atoms with Gasteiger partial charge in [-0.25, -0.2) is 0 Å². The topological polar surface area (TPSA) is 64.3 Å². The molecular weight excluding hydrogens is 272 g/mol. The summed E-state index contributed by atoms with van der Waals surface area (Å²) in [7, 11) is 0. The molecule has 0 aliphatic rings. The summed E-state index contributed by atoms with van der Waals surface area (Å²) < 4.78 is 5.42. The molecule has 1 aromatic heterocycles. The van der Waals surface area contributed by atoms with Gasteiger partial charge in [-0.3, -0.25) is 4.79 Å². The lowest BCUT2D eigenvalue weighted by molar-refractivity contribution is -0.123. The van der Waals surface area contributed by atoms with Crippen molar-refractivity contribution in [1.29, 1.82) is 0 Å². The molecule has 2 rings (SSSR count). The van der Waals surface area contributed by atoms with E-state index in [1.165, 1.54) is 0 Å². The number of hydrogen-bond donors (Lipinski definition) is 2. The average molecular weight is 290 g/mol. The first-order valence-corrected chi connectivity index (χ1v) is 7.38. The summed E-state index contributed by atoms with van der Waals surface area (Å²) in [5.74, 6) is 0.514. The molecule has 0 saturated heterocycles. The van der Waals surface area contributed by atoms with Gasteiger partial charge in [0.2, 0.25) is 0 Å². The van der Waals surface area contributed by atoms with Crippen molar-refractivity contribution in [3.05, 3.63) is 46.7 Å². The van der Waals surface area contributed by atoms with Crippen molar-refractivity contribution in [2.45, 2.75) is 19.4 Å². The van der Waals surface area contributed by atoms with Crippen LogP contribution in [0.3, 0.4) is 0 Å². The lowest BCUT2D eigenvalue weighted by Crippen LogP contribution is -2.32. The largest absolute Gasteiger partial charge is 0.484 e. The van der Waals surface area contributed by atoms with Crippen molar-refractivity contribution in [1.82, 2.24) is 5.32 Å². The van der Waals surface area contributed by atoms with Gasteiger partial charge in [0.05, 0.1) is 6.04 Å². The monoisotopic (exact) mass is 290 g/mol. The molecule has 0 fully saturated rings. The van der Waals surface area contributed by atoms with E-state index in [1.54, 1.807) is 35.6 Å². The van der Waals surface area contributed by atoms with Crippen LogP contribution in [0.25, 0.3) is 0 Å². The molecule has 0 saturated carbocycles. The molecule has 1 unspecified atom stereocenters. The van der Waals surface area contributed by atoms with Crippen LogP contribution in [-0.4, -0.2) is 12.5 Å². The van der Waals surface area contributed by atoms with Crippen molar-refractivity contribution >= 4 is 22.9 Å². The number of carbonyl (C=O) groups excluding carboxylic acids is 1. The quantitative estimate of drug-likeness (QED) is 0.804. The van der Waals surface area contributed by atoms with Crippen molar-refractivity contribution in [2.24, 2.45) is 0 Å². The number of hydrogen-bond acceptors (Lipinski definition) is 4. The molecule has 4 nitrogen and oxygen atoms in total. The van der Waals surface area contributed by atoms with Gasteiger partial charge < -0.3 is 15.8 Å². The minimum atomic E-state index is -0.123. The molecule has 3 N–H and O–H groups in total. The van der Waals surface area contributed by atoms with E-state index in [9.17, 15) is 4.79 Å². The van der Waals surface area contributed by atoms with Crippen molar-refractivity contribution in [3.63, 3.8) is 0 Å². The number of nitrogen functional groups attached to an aromatic ring is 1. The zero-order valence-corrected chi connectivity index (χ0v) is 12.2. The number of carbonyl (C=O) groups is 1. The summed E-state index contributed by atoms with van der Waals surface area (Å²) in [6.45, 7) is 2.05. The maximum atomic E-state index is 11.9. The Morgan fingerprint density at radius 3 is 2.70 bits per heavy atom. The van der Waals surface area contributed by atoms with Gasteiger partial charge in [0.25, 0.3) is 5.91 Å². The molecule has 0 radical (unpaired) electrons. The van der Waals surface area contributed by atoms with Gasteiger partial charge in [-0.2, -0.15) is 0 Å². The fourth-order valence-electron chi connectivity index (χ4n) is 1.81. The number of ether oxygens (including phenoxy) is 1. The zero-order valence-electron chi connectivity index (χ0n) is 11.3. The fourth-order valence-corrected chi connectivity index (χ4v) is 2.67. The Labute approximate surface area is 122 Å². The van der Waals surface area contributed by atoms with E-state index in [2.05, 4.69) is 5.32 Å². The summed E-state index contributed by atoms with van der Waals surface area (Å²) in [4.78, 5) is 13.1. The molecule has 0 spiro atoms. The van der Waals surface area contributed by atoms with Gasteiger partial charge in [0.1, 0.15) is 5.75 Å². The maximum absolute atomic E-state index is 11.9. The molecule has 1 heterocycles. The minimum absolute atomic E-state index is 0.00575. The van der Waals surface area contributed by atoms with Crippen LogP contribution in [0, 0.1) is 0 Å². The molecular formula is C15H18N2O2S. The predicted molar refractivity (Wildman–Crippen MR) is 81.8 cm³/mol. The molecule has 1 amide bonds. The second kappa shape index (κ2) is 6.96. The molecule has 1 atom stereocenters. The first kappa shape index (κ1) is 14.4. The molecule has 0 aliphatic heterocycles. The number of amides is 1. The van der Waals surface area contributed by atoms with E-state index in [1.807, 2.05) is 24.4 Å². The van der Waals surface area contributed by atoms with Gasteiger partial charge >= 0.3 is 0 Å². The third-order valence-electron chi connectivity index (χ3n) is 2.88. The highest BCUT2D eigenvalue weighted by Gasteiger charge is 2.13. The Morgan fingerprint density at radius 1 is 1.35 bits per heavy atom. The van der Waals surface area contributed by atoms with Crippen LogP contribution < -0.4 is 15.8 Å². The SMILES string of the molecule is CCC(NC(=O)COc1ccc(N)cc1)c1cccs1. The summed E-state index contributed by atoms with van der Waals surface area (Å²) in [6.07, 6.45) is 0.855. The van der Waals surface area contributed by atoms with Gasteiger partial charge in [0.15, 0.2) is 6.61 Å². The first-order chi connectivity index (χ1) is 9.69. The zero-order chi connectivity index (χ0) is 14.4. The van der Waals surface area contributed by atoms with E-state index in [0.29, 0.717) is 11.4 Å². The lowest BCUT2D eigenvalue weighted by atomic mass is 10.2. The van der Waals surface area contributed by atoms with Crippen LogP contribution in [-0.2, 0) is 4.79 Å². The van der Waals surface area contributed by atoms with Crippen LogP contribution in [0.15, 0.2) is 41.8 Å². The summed E-state index contributed by atoms with van der Waals surface area (Å²) in [5.41, 5.74) is 6.26. The number of thiophene rings is 1. The van der Waals surface area contributed by atoms with Crippen molar-refractivity contribution in [2.75, 3.05) is 12.3 Å². The number of nitrogens with one attached hydrogen (secondary N) is 1. The van der Waals surface area contributed by atoms with E-state index in [4.69, 9.17) is 10.5 Å². The van der Waals surface area contributed by atoms with Crippen LogP contribution in [0.4, 0.5) is 5.69 Å². The van der Waals surface area contributed by atoms with E-state index in [-0.39, 0.29) is 18.6 Å². The highest BCUT2D eigenvalue weighted by Crippen LogP contribution is 2.21. The second-order valence-electron chi connectivity index (χ2n) is 4.40. The van der Waals surface area contributed by atoms with Gasteiger partial charge in [-0.15, -0.1) is 11.3 Å². The lowest BCUT2D eigenvalue weighted by Gasteiger charge is -2.15. The highest BCUT2D eigenvalue weighted by molar-refractivity contribution is 7.10. The van der Waals surface area contributed by atoms with Crippen LogP contribution in [0.1, 0.15) is 24.3 Å². The van der Waals surface area contributed by atoms with Crippen molar-refractivity contribution in [3.8, 4) is 5.75 Å². The molecule has 106 valence electrons. The summed E-state index contributed by atoms with van der Waals surface area (Å²) in [6, 6.07) is 11.1. The fraction of sp³-hybridized carbons (Fsp3) is 0.267. The van der Waals surface area contributed by atoms with Gasteiger partial charge in [0, 0.05) is 10.6 Å². The number of rotatable bonds is 6. The average Bonchev–Trinajstić information content (AvgIpc) is 2.98. The molecule has 5 heteroatoms. The first-order valence-electron chi connectivity index (χ1n) is 6.50. The van der Waals surface area contributed by atoms with E-state index >= 15 is 0 Å². The summed E-state index contributed by atoms with van der Waals surface area (Å²) in [5, 5.41) is 4.98. The number of benzene rings is 1. The molecule has 0 aliphatic carbocycles. The Bertz CT molecular complexity index is 538. The van der Waals surface area contributed by atoms with E-state index < -0.39 is 0 Å². The normalized spacial score (nSPS) is 11.8. The second-order valence-corrected chi connectivity index (χ2v) is 5.38. The minimum Gasteiger partial charge on any atom is -0.484 e. The highest BCUT2D eigenvalue weighted by atomic mass is 32.1. The standard InChI is InChI=1S/C15H18N2O2S/c1-2-13(14-4-3-9-20-14)17-15(18)10-19-12-7-5-11(16)6-8-12/h3-9,13H,2,10,16H2,1H3,(H,17,18). The number of anilines is 1. The molecule has 1 aromatic carbocycles. The molecule has 2 aromatic rings. The Hall–Kier alpha value is -2.01. The maximum Gasteiger partial charge on any atom is 0.258 e. The Kier molecular flexibility index (Phi) is 5.01. The third-order valence-corrected chi connectivity index (χ3v) is 3.87. The van der Waals surface area contributed by atoms with Gasteiger partial charge in [-0.1, -0.05) is 13.0 Å². The van der Waals surface area contributed by atoms with Crippen LogP contribution in [0.2, 0.25) is 0 Å².